The number of piperidine rings is 1. The van der Waals surface area contributed by atoms with E-state index in [4.69, 9.17) is 4.74 Å². The van der Waals surface area contributed by atoms with Gasteiger partial charge in [0.1, 0.15) is 10.0 Å². The zero-order valence-electron chi connectivity index (χ0n) is 13.4. The molecule has 122 valence electrons. The minimum absolute atomic E-state index is 0.172. The Bertz CT molecular complexity index is 530. The summed E-state index contributed by atoms with van der Waals surface area (Å²) >= 11 is 1.62. The second-order valence-corrected chi connectivity index (χ2v) is 7.04. The van der Waals surface area contributed by atoms with Crippen LogP contribution in [0.2, 0.25) is 0 Å². The highest BCUT2D eigenvalue weighted by atomic mass is 32.1. The number of hydrogen-bond donors (Lipinski definition) is 0. The topological polar surface area (TPSA) is 72.4 Å². The highest BCUT2D eigenvalue weighted by molar-refractivity contribution is 7.11. The first-order valence-corrected chi connectivity index (χ1v) is 8.61. The molecule has 2 heterocycles. The fourth-order valence-corrected chi connectivity index (χ4v) is 3.73. The molecule has 1 saturated heterocycles. The molecule has 1 fully saturated rings. The van der Waals surface area contributed by atoms with Crippen LogP contribution in [0.5, 0.6) is 0 Å². The van der Waals surface area contributed by atoms with Gasteiger partial charge in [-0.15, -0.1) is 21.5 Å². The molecule has 1 amide bonds. The average molecular weight is 325 g/mol. The van der Waals surface area contributed by atoms with Crippen molar-refractivity contribution in [1.29, 1.82) is 0 Å². The largest absolute Gasteiger partial charge is 0.459 e. The number of esters is 1. The molecule has 1 aliphatic rings. The van der Waals surface area contributed by atoms with Gasteiger partial charge in [0, 0.05) is 25.4 Å². The lowest BCUT2D eigenvalue weighted by molar-refractivity contribution is -0.160. The van der Waals surface area contributed by atoms with Crippen LogP contribution in [0.15, 0.2) is 0 Å². The van der Waals surface area contributed by atoms with Crippen LogP contribution in [0.25, 0.3) is 0 Å². The molecule has 0 radical (unpaired) electrons. The Morgan fingerprint density at radius 2 is 2.18 bits per heavy atom. The number of ether oxygens (including phenoxy) is 1. The van der Waals surface area contributed by atoms with Crippen molar-refractivity contribution in [3.63, 3.8) is 0 Å². The first kappa shape index (κ1) is 16.9. The summed E-state index contributed by atoms with van der Waals surface area (Å²) in [5, 5.41) is 10.5. The Morgan fingerprint density at radius 3 is 2.86 bits per heavy atom. The van der Waals surface area contributed by atoms with E-state index in [0.29, 0.717) is 19.0 Å². The van der Waals surface area contributed by atoms with E-state index in [-0.39, 0.29) is 12.5 Å². The monoisotopic (exact) mass is 325 g/mol. The molecule has 0 N–H and O–H groups in total. The van der Waals surface area contributed by atoms with Crippen LogP contribution in [0.3, 0.4) is 0 Å². The van der Waals surface area contributed by atoms with Gasteiger partial charge in [0.15, 0.2) is 0 Å². The fourth-order valence-electron chi connectivity index (χ4n) is 2.55. The summed E-state index contributed by atoms with van der Waals surface area (Å²) in [6, 6.07) is 0. The Balaban J connectivity index is 1.99. The summed E-state index contributed by atoms with van der Waals surface area (Å²) in [6.45, 7) is 7.35. The van der Waals surface area contributed by atoms with Crippen LogP contribution in [0.1, 0.15) is 49.5 Å². The molecular formula is C15H23N3O3S. The Kier molecular flexibility index (Phi) is 5.88. The normalized spacial score (nSPS) is 18.5. The van der Waals surface area contributed by atoms with E-state index in [1.54, 1.807) is 23.2 Å². The summed E-state index contributed by atoms with van der Waals surface area (Å²) in [4.78, 5) is 25.2. The van der Waals surface area contributed by atoms with E-state index in [9.17, 15) is 9.59 Å². The molecule has 7 heteroatoms. The first-order chi connectivity index (χ1) is 10.5. The number of carbonyl (C=O) groups excluding carboxylic acids is 2. The molecule has 0 spiro atoms. The maximum absolute atomic E-state index is 12.0. The number of carbonyl (C=O) groups is 2. The van der Waals surface area contributed by atoms with Crippen molar-refractivity contribution in [3.8, 4) is 0 Å². The van der Waals surface area contributed by atoms with E-state index in [1.165, 1.54) is 0 Å². The number of nitrogens with zero attached hydrogens (tertiary/aromatic N) is 3. The zero-order chi connectivity index (χ0) is 16.1. The molecule has 1 aromatic heterocycles. The maximum atomic E-state index is 12.0. The SMILES string of the molecule is CCOC(=O)C(=O)N1CCCC(c2nnc(CC(C)C)s2)C1. The lowest BCUT2D eigenvalue weighted by Crippen LogP contribution is -2.43. The Labute approximate surface area is 134 Å². The van der Waals surface area contributed by atoms with Gasteiger partial charge in [0.05, 0.1) is 6.61 Å². The molecule has 6 nitrogen and oxygen atoms in total. The van der Waals surface area contributed by atoms with Crippen molar-refractivity contribution < 1.29 is 14.3 Å². The second-order valence-electron chi connectivity index (χ2n) is 5.94. The van der Waals surface area contributed by atoms with Crippen LogP contribution in [-0.2, 0) is 20.7 Å². The van der Waals surface area contributed by atoms with Gasteiger partial charge in [-0.2, -0.15) is 0 Å². The summed E-state index contributed by atoms with van der Waals surface area (Å²) in [7, 11) is 0. The lowest BCUT2D eigenvalue weighted by atomic mass is 9.99. The van der Waals surface area contributed by atoms with Crippen molar-refractivity contribution in [2.24, 2.45) is 5.92 Å². The van der Waals surface area contributed by atoms with Gasteiger partial charge in [-0.3, -0.25) is 4.79 Å². The third kappa shape index (κ3) is 4.25. The zero-order valence-corrected chi connectivity index (χ0v) is 14.2. The van der Waals surface area contributed by atoms with Crippen LogP contribution in [-0.4, -0.2) is 46.7 Å². The molecule has 0 aromatic carbocycles. The molecule has 0 saturated carbocycles. The maximum Gasteiger partial charge on any atom is 0.397 e. The van der Waals surface area contributed by atoms with Crippen molar-refractivity contribution in [3.05, 3.63) is 10.0 Å². The molecule has 1 aliphatic heterocycles. The third-order valence-electron chi connectivity index (χ3n) is 3.57. The van der Waals surface area contributed by atoms with Crippen LogP contribution in [0.4, 0.5) is 0 Å². The van der Waals surface area contributed by atoms with Gasteiger partial charge < -0.3 is 9.64 Å². The molecule has 0 bridgehead atoms. The lowest BCUT2D eigenvalue weighted by Gasteiger charge is -2.30. The number of hydrogen-bond acceptors (Lipinski definition) is 6. The van der Waals surface area contributed by atoms with Crippen LogP contribution < -0.4 is 0 Å². The van der Waals surface area contributed by atoms with E-state index in [2.05, 4.69) is 24.0 Å². The van der Waals surface area contributed by atoms with Gasteiger partial charge in [-0.05, 0) is 25.7 Å². The summed E-state index contributed by atoms with van der Waals surface area (Å²) in [5.41, 5.74) is 0. The minimum atomic E-state index is -0.763. The molecule has 0 aliphatic carbocycles. The van der Waals surface area contributed by atoms with Gasteiger partial charge in [-0.1, -0.05) is 13.8 Å². The van der Waals surface area contributed by atoms with E-state index >= 15 is 0 Å². The number of rotatable bonds is 4. The standard InChI is InChI=1S/C15H23N3O3S/c1-4-21-15(20)14(19)18-7-5-6-11(9-18)13-17-16-12(22-13)8-10(2)3/h10-11H,4-9H2,1-3H3. The predicted molar refractivity (Wildman–Crippen MR) is 83.6 cm³/mol. The molecular weight excluding hydrogens is 302 g/mol. The number of aromatic nitrogens is 2. The molecule has 22 heavy (non-hydrogen) atoms. The highest BCUT2D eigenvalue weighted by Crippen LogP contribution is 2.29. The summed E-state index contributed by atoms with van der Waals surface area (Å²) in [6.07, 6.45) is 2.77. The van der Waals surface area contributed by atoms with Crippen molar-refractivity contribution in [2.45, 2.75) is 46.0 Å². The van der Waals surface area contributed by atoms with E-state index < -0.39 is 11.9 Å². The van der Waals surface area contributed by atoms with Gasteiger partial charge in [0.2, 0.25) is 0 Å². The fraction of sp³-hybridized carbons (Fsp3) is 0.733. The van der Waals surface area contributed by atoms with Gasteiger partial charge >= 0.3 is 11.9 Å². The Morgan fingerprint density at radius 1 is 1.41 bits per heavy atom. The molecule has 2 rings (SSSR count). The van der Waals surface area contributed by atoms with Gasteiger partial charge in [0.25, 0.3) is 0 Å². The van der Waals surface area contributed by atoms with Crippen LogP contribution >= 0.6 is 11.3 Å². The highest BCUT2D eigenvalue weighted by Gasteiger charge is 2.31. The van der Waals surface area contributed by atoms with Crippen molar-refractivity contribution >= 4 is 23.2 Å². The molecule has 1 atom stereocenters. The number of likely N-dealkylation sites (tertiary alicyclic amines) is 1. The predicted octanol–water partition coefficient (Wildman–Crippen LogP) is 2.01. The van der Waals surface area contributed by atoms with E-state index in [1.807, 2.05) is 0 Å². The van der Waals surface area contributed by atoms with Gasteiger partial charge in [-0.25, -0.2) is 4.79 Å². The van der Waals surface area contributed by atoms with E-state index in [0.717, 1.165) is 29.3 Å². The number of amides is 1. The molecule has 1 unspecified atom stereocenters. The van der Waals surface area contributed by atoms with Crippen LogP contribution in [0, 0.1) is 5.92 Å². The summed E-state index contributed by atoms with van der Waals surface area (Å²) in [5.74, 6) is -0.584. The average Bonchev–Trinajstić information content (AvgIpc) is 2.94. The minimum Gasteiger partial charge on any atom is -0.459 e. The third-order valence-corrected chi connectivity index (χ3v) is 4.68. The Hall–Kier alpha value is -1.50. The molecule has 1 aromatic rings. The second kappa shape index (κ2) is 7.67. The summed E-state index contributed by atoms with van der Waals surface area (Å²) < 4.78 is 4.79. The van der Waals surface area contributed by atoms with Crippen molar-refractivity contribution in [1.82, 2.24) is 15.1 Å². The first-order valence-electron chi connectivity index (χ1n) is 7.79. The smallest absolute Gasteiger partial charge is 0.397 e. The quantitative estimate of drug-likeness (QED) is 0.625. The van der Waals surface area contributed by atoms with Crippen molar-refractivity contribution in [2.75, 3.05) is 19.7 Å².